The Labute approximate surface area is 137 Å². The summed E-state index contributed by atoms with van der Waals surface area (Å²) in [6.45, 7) is 3.93. The second kappa shape index (κ2) is 6.60. The Morgan fingerprint density at radius 1 is 1.29 bits per heavy atom. The number of primary amides is 1. The molecule has 128 valence electrons. The van der Waals surface area contributed by atoms with Crippen LogP contribution in [0.3, 0.4) is 0 Å². The molecule has 1 aromatic heterocycles. The summed E-state index contributed by atoms with van der Waals surface area (Å²) in [5.74, 6) is -0.873. The minimum absolute atomic E-state index is 0.0155. The maximum Gasteiger partial charge on any atom is 0.417 e. The molecule has 0 atom stereocenters. The van der Waals surface area contributed by atoms with Gasteiger partial charge in [-0.1, -0.05) is 32.0 Å². The lowest BCUT2D eigenvalue weighted by Crippen LogP contribution is -2.17. The molecule has 0 bridgehead atoms. The number of amides is 1. The predicted molar refractivity (Wildman–Crippen MR) is 85.2 cm³/mol. The summed E-state index contributed by atoms with van der Waals surface area (Å²) in [6.07, 6.45) is -3.96. The van der Waals surface area contributed by atoms with Crippen molar-refractivity contribution in [2.24, 2.45) is 11.5 Å². The van der Waals surface area contributed by atoms with Crippen LogP contribution in [0.15, 0.2) is 30.5 Å². The fraction of sp³-hybridized carbons (Fsp3) is 0.294. The molecule has 4 N–H and O–H groups in total. The molecule has 1 aromatic carbocycles. The maximum absolute atomic E-state index is 13.1. The Balaban J connectivity index is 2.87. The van der Waals surface area contributed by atoms with Gasteiger partial charge >= 0.3 is 6.18 Å². The molecule has 2 aromatic rings. The van der Waals surface area contributed by atoms with Crippen LogP contribution in [0.25, 0.3) is 11.1 Å². The van der Waals surface area contributed by atoms with Crippen molar-refractivity contribution in [3.63, 3.8) is 0 Å². The number of halogens is 3. The number of hydrogen-bond acceptors (Lipinski definition) is 3. The van der Waals surface area contributed by atoms with Crippen molar-refractivity contribution in [1.82, 2.24) is 4.98 Å². The average molecular weight is 337 g/mol. The van der Waals surface area contributed by atoms with Gasteiger partial charge in [0.15, 0.2) is 0 Å². The minimum atomic E-state index is -4.58. The Morgan fingerprint density at radius 3 is 2.46 bits per heavy atom. The Kier molecular flexibility index (Phi) is 4.94. The highest BCUT2D eigenvalue weighted by Crippen LogP contribution is 2.37. The minimum Gasteiger partial charge on any atom is -0.364 e. The van der Waals surface area contributed by atoms with Crippen molar-refractivity contribution < 1.29 is 18.0 Å². The molecular weight excluding hydrogens is 319 g/mol. The molecule has 0 spiro atoms. The highest BCUT2D eigenvalue weighted by Gasteiger charge is 2.33. The number of benzene rings is 1. The van der Waals surface area contributed by atoms with Gasteiger partial charge in [-0.3, -0.25) is 4.79 Å². The van der Waals surface area contributed by atoms with Gasteiger partial charge in [-0.05, 0) is 28.7 Å². The molecule has 0 saturated carbocycles. The fourth-order valence-corrected chi connectivity index (χ4v) is 2.61. The molecule has 1 amide bonds. The largest absolute Gasteiger partial charge is 0.417 e. The van der Waals surface area contributed by atoms with Gasteiger partial charge in [-0.2, -0.15) is 13.2 Å². The third kappa shape index (κ3) is 3.41. The molecule has 4 nitrogen and oxygen atoms in total. The van der Waals surface area contributed by atoms with Crippen molar-refractivity contribution in [2.45, 2.75) is 32.5 Å². The van der Waals surface area contributed by atoms with Crippen molar-refractivity contribution in [2.75, 3.05) is 0 Å². The molecule has 0 aliphatic heterocycles. The molecule has 0 unspecified atom stereocenters. The van der Waals surface area contributed by atoms with E-state index in [1.807, 2.05) is 13.8 Å². The first-order chi connectivity index (χ1) is 11.2. The van der Waals surface area contributed by atoms with Gasteiger partial charge in [0.1, 0.15) is 5.69 Å². The lowest BCUT2D eigenvalue weighted by Gasteiger charge is -2.19. The quantitative estimate of drug-likeness (QED) is 0.896. The summed E-state index contributed by atoms with van der Waals surface area (Å²) < 4.78 is 39.2. The Hall–Kier alpha value is -2.41. The molecule has 2 rings (SSSR count). The average Bonchev–Trinajstić information content (AvgIpc) is 2.52. The van der Waals surface area contributed by atoms with Crippen molar-refractivity contribution in [3.05, 3.63) is 52.8 Å². The second-order valence-corrected chi connectivity index (χ2v) is 5.72. The van der Waals surface area contributed by atoms with E-state index in [9.17, 15) is 18.0 Å². The smallest absolute Gasteiger partial charge is 0.364 e. The van der Waals surface area contributed by atoms with Crippen LogP contribution >= 0.6 is 0 Å². The lowest BCUT2D eigenvalue weighted by molar-refractivity contribution is -0.137. The van der Waals surface area contributed by atoms with Gasteiger partial charge in [0.05, 0.1) is 5.56 Å². The number of pyridine rings is 1. The highest BCUT2D eigenvalue weighted by molar-refractivity contribution is 5.99. The fourth-order valence-electron chi connectivity index (χ4n) is 2.61. The van der Waals surface area contributed by atoms with E-state index in [2.05, 4.69) is 4.98 Å². The molecule has 0 aliphatic carbocycles. The van der Waals surface area contributed by atoms with E-state index < -0.39 is 17.6 Å². The van der Waals surface area contributed by atoms with Crippen LogP contribution in [0.1, 0.15) is 46.9 Å². The Bertz CT molecular complexity index is 770. The number of nitrogens with two attached hydrogens (primary N) is 2. The normalized spacial score (nSPS) is 11.8. The zero-order valence-corrected chi connectivity index (χ0v) is 13.3. The monoisotopic (exact) mass is 337 g/mol. The zero-order valence-electron chi connectivity index (χ0n) is 13.3. The summed E-state index contributed by atoms with van der Waals surface area (Å²) in [7, 11) is 0. The van der Waals surface area contributed by atoms with E-state index in [0.717, 1.165) is 11.6 Å². The van der Waals surface area contributed by atoms with Crippen LogP contribution in [0.2, 0.25) is 0 Å². The van der Waals surface area contributed by atoms with Crippen LogP contribution in [0.4, 0.5) is 13.2 Å². The SMILES string of the molecule is CC(C)c1cccc(CN)c1-c1cc(C(F)(F)F)cnc1C(N)=O. The first-order valence-corrected chi connectivity index (χ1v) is 7.36. The van der Waals surface area contributed by atoms with Gasteiger partial charge in [-0.15, -0.1) is 0 Å². The number of nitrogens with zero attached hydrogens (tertiary/aromatic N) is 1. The first kappa shape index (κ1) is 17.9. The summed E-state index contributed by atoms with van der Waals surface area (Å²) in [6, 6.07) is 6.20. The Morgan fingerprint density at radius 2 is 1.96 bits per heavy atom. The highest BCUT2D eigenvalue weighted by atomic mass is 19.4. The first-order valence-electron chi connectivity index (χ1n) is 7.36. The van der Waals surface area contributed by atoms with Crippen LogP contribution in [-0.2, 0) is 12.7 Å². The van der Waals surface area contributed by atoms with E-state index >= 15 is 0 Å². The van der Waals surface area contributed by atoms with Gasteiger partial charge in [0.25, 0.3) is 5.91 Å². The molecule has 0 saturated heterocycles. The van der Waals surface area contributed by atoms with Gasteiger partial charge in [0, 0.05) is 18.3 Å². The number of aromatic nitrogens is 1. The van der Waals surface area contributed by atoms with E-state index in [0.29, 0.717) is 17.3 Å². The van der Waals surface area contributed by atoms with E-state index in [-0.39, 0.29) is 23.7 Å². The molecular formula is C17H18F3N3O. The van der Waals surface area contributed by atoms with E-state index in [4.69, 9.17) is 11.5 Å². The summed E-state index contributed by atoms with van der Waals surface area (Å²) in [5.41, 5.74) is 11.9. The predicted octanol–water partition coefficient (Wildman–Crippen LogP) is 3.45. The summed E-state index contributed by atoms with van der Waals surface area (Å²) in [4.78, 5) is 15.3. The zero-order chi connectivity index (χ0) is 18.1. The summed E-state index contributed by atoms with van der Waals surface area (Å²) in [5, 5.41) is 0. The lowest BCUT2D eigenvalue weighted by atomic mass is 9.87. The van der Waals surface area contributed by atoms with Crippen molar-refractivity contribution >= 4 is 5.91 Å². The number of rotatable bonds is 4. The molecule has 24 heavy (non-hydrogen) atoms. The maximum atomic E-state index is 13.1. The molecule has 0 fully saturated rings. The number of carbonyl (C=O) groups excluding carboxylic acids is 1. The van der Waals surface area contributed by atoms with Gasteiger partial charge < -0.3 is 11.5 Å². The van der Waals surface area contributed by atoms with Gasteiger partial charge in [-0.25, -0.2) is 4.98 Å². The third-order valence-electron chi connectivity index (χ3n) is 3.74. The number of carbonyl (C=O) groups is 1. The van der Waals surface area contributed by atoms with Gasteiger partial charge in [0.2, 0.25) is 0 Å². The molecule has 7 heteroatoms. The third-order valence-corrected chi connectivity index (χ3v) is 3.74. The van der Waals surface area contributed by atoms with Crippen molar-refractivity contribution in [3.8, 4) is 11.1 Å². The van der Waals surface area contributed by atoms with E-state index in [1.165, 1.54) is 0 Å². The van der Waals surface area contributed by atoms with Crippen LogP contribution in [0.5, 0.6) is 0 Å². The number of hydrogen-bond donors (Lipinski definition) is 2. The number of alkyl halides is 3. The summed E-state index contributed by atoms with van der Waals surface area (Å²) >= 11 is 0. The topological polar surface area (TPSA) is 82.0 Å². The van der Waals surface area contributed by atoms with Crippen LogP contribution in [0, 0.1) is 0 Å². The molecule has 0 radical (unpaired) electrons. The molecule has 0 aliphatic rings. The molecule has 1 heterocycles. The van der Waals surface area contributed by atoms with Crippen LogP contribution in [-0.4, -0.2) is 10.9 Å². The standard InChI is InChI=1S/C17H18F3N3O/c1-9(2)12-5-3-4-10(7-21)14(12)13-6-11(17(18,19)20)8-23-15(13)16(22)24/h3-6,8-9H,7,21H2,1-2H3,(H2,22,24). The second-order valence-electron chi connectivity index (χ2n) is 5.72. The van der Waals surface area contributed by atoms with Crippen molar-refractivity contribution in [1.29, 1.82) is 0 Å². The van der Waals surface area contributed by atoms with Crippen LogP contribution < -0.4 is 11.5 Å². The van der Waals surface area contributed by atoms with E-state index in [1.54, 1.807) is 18.2 Å².